The molecule has 1 aliphatic rings. The topological polar surface area (TPSA) is 83.6 Å². The van der Waals surface area contributed by atoms with Crippen molar-refractivity contribution in [3.63, 3.8) is 0 Å². The van der Waals surface area contributed by atoms with E-state index in [0.29, 0.717) is 37.1 Å². The number of sulfonamides is 1. The quantitative estimate of drug-likeness (QED) is 0.783. The molecule has 0 bridgehead atoms. The average Bonchev–Trinajstić information content (AvgIpc) is 2.47. The summed E-state index contributed by atoms with van der Waals surface area (Å²) in [6, 6.07) is 7.06. The molecule has 0 unspecified atom stereocenters. The average molecular weight is 328 g/mol. The molecule has 0 aliphatic carbocycles. The van der Waals surface area contributed by atoms with Gasteiger partial charge in [0.25, 0.3) is 0 Å². The number of aliphatic hydroxyl groups excluding tert-OH is 1. The highest BCUT2D eigenvalue weighted by Crippen LogP contribution is 2.22. The normalized spacial score (nSPS) is 17.8. The molecular weight excluding hydrogens is 308 g/mol. The Hall–Kier alpha value is -1.02. The van der Waals surface area contributed by atoms with Crippen molar-refractivity contribution in [3.8, 4) is 0 Å². The lowest BCUT2D eigenvalue weighted by Gasteiger charge is -2.30. The zero-order chi connectivity index (χ0) is 15.5. The second kappa shape index (κ2) is 6.83. The maximum Gasteiger partial charge on any atom is 0.218 e. The van der Waals surface area contributed by atoms with Crippen LogP contribution in [0.1, 0.15) is 24.0 Å². The molecule has 0 radical (unpaired) electrons. The Balaban J connectivity index is 2.13. The van der Waals surface area contributed by atoms with Gasteiger partial charge in [-0.15, -0.1) is 0 Å². The van der Waals surface area contributed by atoms with E-state index in [-0.39, 0.29) is 23.3 Å². The van der Waals surface area contributed by atoms with Crippen LogP contribution in [-0.2, 0) is 15.8 Å². The number of hydrogen-bond acceptors (Lipinski definition) is 4. The van der Waals surface area contributed by atoms with Gasteiger partial charge in [-0.2, -0.15) is 0 Å². The summed E-state index contributed by atoms with van der Waals surface area (Å²) in [7, 11) is -3.39. The van der Waals surface area contributed by atoms with Crippen LogP contribution in [-0.4, -0.2) is 42.5 Å². The summed E-state index contributed by atoms with van der Waals surface area (Å²) in [6.45, 7) is 1.05. The van der Waals surface area contributed by atoms with E-state index in [1.54, 1.807) is 24.3 Å². The van der Waals surface area contributed by atoms with Crippen molar-refractivity contribution in [2.45, 2.75) is 18.6 Å². The molecule has 21 heavy (non-hydrogen) atoms. The van der Waals surface area contributed by atoms with Crippen molar-refractivity contribution >= 4 is 27.2 Å². The predicted molar refractivity (Wildman–Crippen MR) is 86.3 cm³/mol. The van der Waals surface area contributed by atoms with Crippen molar-refractivity contribution in [2.75, 3.05) is 19.7 Å². The molecule has 0 aromatic heterocycles. The SMILES string of the molecule is NC(=S)c1ccccc1CS(=O)(=O)N1CCC(CO)CC1. The second-order valence-electron chi connectivity index (χ2n) is 5.30. The summed E-state index contributed by atoms with van der Waals surface area (Å²) in [5.41, 5.74) is 6.89. The van der Waals surface area contributed by atoms with Gasteiger partial charge in [0.05, 0.1) is 5.75 Å². The smallest absolute Gasteiger partial charge is 0.218 e. The molecule has 0 amide bonds. The van der Waals surface area contributed by atoms with Gasteiger partial charge in [-0.05, 0) is 24.3 Å². The third-order valence-corrected chi connectivity index (χ3v) is 5.89. The maximum absolute atomic E-state index is 12.5. The van der Waals surface area contributed by atoms with E-state index in [4.69, 9.17) is 23.1 Å². The van der Waals surface area contributed by atoms with Gasteiger partial charge in [-0.1, -0.05) is 36.5 Å². The summed E-state index contributed by atoms with van der Waals surface area (Å²) < 4.78 is 26.5. The van der Waals surface area contributed by atoms with Gasteiger partial charge >= 0.3 is 0 Å². The van der Waals surface area contributed by atoms with E-state index in [0.717, 1.165) is 0 Å². The van der Waals surface area contributed by atoms with E-state index in [9.17, 15) is 8.42 Å². The van der Waals surface area contributed by atoms with Crippen LogP contribution >= 0.6 is 12.2 Å². The number of nitrogens with zero attached hydrogens (tertiary/aromatic N) is 1. The van der Waals surface area contributed by atoms with Crippen LogP contribution in [0, 0.1) is 5.92 Å². The minimum Gasteiger partial charge on any atom is -0.396 e. The molecule has 5 nitrogen and oxygen atoms in total. The molecule has 1 heterocycles. The van der Waals surface area contributed by atoms with Gasteiger partial charge < -0.3 is 10.8 Å². The van der Waals surface area contributed by atoms with Crippen molar-refractivity contribution in [2.24, 2.45) is 11.7 Å². The zero-order valence-corrected chi connectivity index (χ0v) is 13.4. The number of thiocarbonyl (C=S) groups is 1. The lowest BCUT2D eigenvalue weighted by atomic mass is 10.00. The molecule has 1 aliphatic heterocycles. The molecule has 0 saturated carbocycles. The van der Waals surface area contributed by atoms with E-state index >= 15 is 0 Å². The standard InChI is InChI=1S/C14H20N2O3S2/c15-14(20)13-4-2-1-3-12(13)10-21(18,19)16-7-5-11(9-17)6-8-16/h1-4,11,17H,5-10H2,(H2,15,20). The molecule has 0 spiro atoms. The Labute approximate surface area is 130 Å². The highest BCUT2D eigenvalue weighted by atomic mass is 32.2. The van der Waals surface area contributed by atoms with Crippen molar-refractivity contribution in [1.82, 2.24) is 4.31 Å². The molecule has 1 saturated heterocycles. The Kier molecular flexibility index (Phi) is 5.32. The first-order valence-corrected chi connectivity index (χ1v) is 8.92. The summed E-state index contributed by atoms with van der Waals surface area (Å²) in [5.74, 6) is 0.116. The minimum atomic E-state index is -3.39. The van der Waals surface area contributed by atoms with E-state index in [1.807, 2.05) is 0 Å². The molecule has 1 fully saturated rings. The number of hydrogen-bond donors (Lipinski definition) is 2. The summed E-state index contributed by atoms with van der Waals surface area (Å²) >= 11 is 4.97. The lowest BCUT2D eigenvalue weighted by Crippen LogP contribution is -2.40. The zero-order valence-electron chi connectivity index (χ0n) is 11.7. The molecule has 3 N–H and O–H groups in total. The fourth-order valence-corrected chi connectivity index (χ4v) is 4.34. The first-order chi connectivity index (χ1) is 9.94. The van der Waals surface area contributed by atoms with Crippen LogP contribution in [0.3, 0.4) is 0 Å². The third kappa shape index (κ3) is 4.00. The summed E-state index contributed by atoms with van der Waals surface area (Å²) in [6.07, 6.45) is 1.40. The van der Waals surface area contributed by atoms with Gasteiger partial charge in [0.1, 0.15) is 4.99 Å². The highest BCUT2D eigenvalue weighted by Gasteiger charge is 2.28. The van der Waals surface area contributed by atoms with E-state index in [1.165, 1.54) is 4.31 Å². The number of benzene rings is 1. The molecule has 2 rings (SSSR count). The van der Waals surface area contributed by atoms with Crippen LogP contribution < -0.4 is 5.73 Å². The number of rotatable bonds is 5. The molecular formula is C14H20N2O3S2. The highest BCUT2D eigenvalue weighted by molar-refractivity contribution is 7.88. The maximum atomic E-state index is 12.5. The fraction of sp³-hybridized carbons (Fsp3) is 0.500. The Morgan fingerprint density at radius 2 is 1.95 bits per heavy atom. The fourth-order valence-electron chi connectivity index (χ4n) is 2.54. The molecule has 116 valence electrons. The van der Waals surface area contributed by atoms with Crippen molar-refractivity contribution < 1.29 is 13.5 Å². The van der Waals surface area contributed by atoms with Crippen LogP contribution in [0.5, 0.6) is 0 Å². The van der Waals surface area contributed by atoms with E-state index in [2.05, 4.69) is 0 Å². The van der Waals surface area contributed by atoms with Crippen LogP contribution in [0.4, 0.5) is 0 Å². The van der Waals surface area contributed by atoms with Crippen molar-refractivity contribution in [1.29, 1.82) is 0 Å². The number of aliphatic hydroxyl groups is 1. The first kappa shape index (κ1) is 16.4. The minimum absolute atomic E-state index is 0.0930. The van der Waals surface area contributed by atoms with E-state index < -0.39 is 10.0 Å². The van der Waals surface area contributed by atoms with Gasteiger partial charge in [0.15, 0.2) is 0 Å². The largest absolute Gasteiger partial charge is 0.396 e. The van der Waals surface area contributed by atoms with Gasteiger partial charge in [0, 0.05) is 25.3 Å². The Morgan fingerprint density at radius 1 is 1.33 bits per heavy atom. The van der Waals surface area contributed by atoms with Crippen molar-refractivity contribution in [3.05, 3.63) is 35.4 Å². The molecule has 1 aromatic carbocycles. The third-order valence-electron chi connectivity index (χ3n) is 3.85. The molecule has 1 aromatic rings. The summed E-state index contributed by atoms with van der Waals surface area (Å²) in [4.78, 5) is 0.208. The monoisotopic (exact) mass is 328 g/mol. The van der Waals surface area contributed by atoms with Crippen LogP contribution in [0.2, 0.25) is 0 Å². The van der Waals surface area contributed by atoms with Gasteiger partial charge in [0.2, 0.25) is 10.0 Å². The van der Waals surface area contributed by atoms with Gasteiger partial charge in [-0.25, -0.2) is 12.7 Å². The Bertz CT molecular complexity index is 608. The lowest BCUT2D eigenvalue weighted by molar-refractivity contribution is 0.170. The Morgan fingerprint density at radius 3 is 2.52 bits per heavy atom. The van der Waals surface area contributed by atoms with Gasteiger partial charge in [-0.3, -0.25) is 0 Å². The second-order valence-corrected chi connectivity index (χ2v) is 7.71. The molecule has 7 heteroatoms. The van der Waals surface area contributed by atoms with Crippen LogP contribution in [0.25, 0.3) is 0 Å². The number of nitrogens with two attached hydrogens (primary N) is 1. The first-order valence-electron chi connectivity index (χ1n) is 6.90. The van der Waals surface area contributed by atoms with Crippen LogP contribution in [0.15, 0.2) is 24.3 Å². The number of piperidine rings is 1. The summed E-state index contributed by atoms with van der Waals surface area (Å²) in [5, 5.41) is 9.12. The predicted octanol–water partition coefficient (Wildman–Crippen LogP) is 0.855. The molecule has 0 atom stereocenters.